The van der Waals surface area contributed by atoms with Crippen molar-refractivity contribution in [2.24, 2.45) is 5.92 Å². The van der Waals surface area contributed by atoms with Crippen LogP contribution in [0.25, 0.3) is 0 Å². The molecule has 1 atom stereocenters. The molecule has 0 aliphatic carbocycles. The number of amides is 1. The number of rotatable bonds is 2. The molecular weight excluding hydrogens is 230 g/mol. The van der Waals surface area contributed by atoms with Crippen molar-refractivity contribution in [3.05, 3.63) is 23.8 Å². The normalized spacial score (nSPS) is 18.9. The zero-order chi connectivity index (χ0) is 13.0. The van der Waals surface area contributed by atoms with Gasteiger partial charge in [-0.15, -0.1) is 0 Å². The molecule has 94 valence electrons. The SMILES string of the molecule is N#Cc1ccc(NC(=O)C2CCCOC2)c(N)c1. The molecule has 1 aromatic rings. The lowest BCUT2D eigenvalue weighted by Gasteiger charge is -2.21. The zero-order valence-electron chi connectivity index (χ0n) is 9.98. The lowest BCUT2D eigenvalue weighted by Crippen LogP contribution is -2.30. The van der Waals surface area contributed by atoms with Crippen LogP contribution in [0.2, 0.25) is 0 Å². The molecule has 1 amide bonds. The Hall–Kier alpha value is -2.06. The summed E-state index contributed by atoms with van der Waals surface area (Å²) >= 11 is 0. The molecule has 1 fully saturated rings. The second-order valence-corrected chi connectivity index (χ2v) is 4.32. The second-order valence-electron chi connectivity index (χ2n) is 4.32. The molecule has 0 radical (unpaired) electrons. The number of hydrogen-bond acceptors (Lipinski definition) is 4. The minimum atomic E-state index is -0.117. The summed E-state index contributed by atoms with van der Waals surface area (Å²) in [6, 6.07) is 6.82. The van der Waals surface area contributed by atoms with Crippen molar-refractivity contribution in [2.75, 3.05) is 24.3 Å². The number of benzene rings is 1. The first-order chi connectivity index (χ1) is 8.70. The highest BCUT2D eigenvalue weighted by atomic mass is 16.5. The second kappa shape index (κ2) is 5.52. The molecular formula is C13H15N3O2. The van der Waals surface area contributed by atoms with Crippen LogP contribution in [0.15, 0.2) is 18.2 Å². The maximum Gasteiger partial charge on any atom is 0.229 e. The quantitative estimate of drug-likeness (QED) is 0.773. The van der Waals surface area contributed by atoms with Crippen molar-refractivity contribution in [1.82, 2.24) is 0 Å². The molecule has 2 rings (SSSR count). The van der Waals surface area contributed by atoms with Gasteiger partial charge in [-0.2, -0.15) is 5.26 Å². The first kappa shape index (κ1) is 12.4. The van der Waals surface area contributed by atoms with E-state index in [0.717, 1.165) is 19.4 Å². The molecule has 18 heavy (non-hydrogen) atoms. The third kappa shape index (κ3) is 2.79. The van der Waals surface area contributed by atoms with E-state index in [-0.39, 0.29) is 11.8 Å². The van der Waals surface area contributed by atoms with E-state index in [0.29, 0.717) is 23.5 Å². The molecule has 0 bridgehead atoms. The summed E-state index contributed by atoms with van der Waals surface area (Å²) in [4.78, 5) is 12.0. The van der Waals surface area contributed by atoms with Crippen LogP contribution >= 0.6 is 0 Å². The number of hydrogen-bond donors (Lipinski definition) is 2. The Morgan fingerprint density at radius 2 is 2.39 bits per heavy atom. The van der Waals surface area contributed by atoms with Crippen LogP contribution in [0, 0.1) is 17.2 Å². The summed E-state index contributed by atoms with van der Waals surface area (Å²) in [6.45, 7) is 1.19. The summed E-state index contributed by atoms with van der Waals surface area (Å²) in [5.41, 5.74) is 7.20. The first-order valence-corrected chi connectivity index (χ1v) is 5.89. The zero-order valence-corrected chi connectivity index (χ0v) is 9.98. The van der Waals surface area contributed by atoms with Crippen LogP contribution in [0.5, 0.6) is 0 Å². The van der Waals surface area contributed by atoms with Crippen molar-refractivity contribution in [1.29, 1.82) is 5.26 Å². The molecule has 1 saturated heterocycles. The third-order valence-electron chi connectivity index (χ3n) is 2.97. The van der Waals surface area contributed by atoms with E-state index < -0.39 is 0 Å². The highest BCUT2D eigenvalue weighted by Gasteiger charge is 2.22. The molecule has 0 spiro atoms. The van der Waals surface area contributed by atoms with E-state index in [2.05, 4.69) is 5.32 Å². The Balaban J connectivity index is 2.04. The van der Waals surface area contributed by atoms with Gasteiger partial charge in [0.05, 0.1) is 35.5 Å². The summed E-state index contributed by atoms with van der Waals surface area (Å²) in [5, 5.41) is 11.5. The van der Waals surface area contributed by atoms with Gasteiger partial charge in [-0.3, -0.25) is 4.79 Å². The standard InChI is InChI=1S/C13H15N3O2/c14-7-9-3-4-12(11(15)6-9)16-13(17)10-2-1-5-18-8-10/h3-4,6,10H,1-2,5,8,15H2,(H,16,17). The number of nitriles is 1. The molecule has 5 nitrogen and oxygen atoms in total. The van der Waals surface area contributed by atoms with Crippen molar-refractivity contribution in [3.63, 3.8) is 0 Å². The van der Waals surface area contributed by atoms with Gasteiger partial charge in [0, 0.05) is 6.61 Å². The average molecular weight is 245 g/mol. The van der Waals surface area contributed by atoms with Gasteiger partial charge in [-0.1, -0.05) is 0 Å². The van der Waals surface area contributed by atoms with Gasteiger partial charge in [-0.25, -0.2) is 0 Å². The minimum Gasteiger partial charge on any atom is -0.397 e. The van der Waals surface area contributed by atoms with E-state index in [9.17, 15) is 4.79 Å². The number of nitrogen functional groups attached to an aromatic ring is 1. The number of nitrogens with one attached hydrogen (secondary N) is 1. The van der Waals surface area contributed by atoms with E-state index in [1.165, 1.54) is 0 Å². The highest BCUT2D eigenvalue weighted by molar-refractivity contribution is 5.95. The number of nitrogens with two attached hydrogens (primary N) is 1. The Morgan fingerprint density at radius 1 is 1.56 bits per heavy atom. The van der Waals surface area contributed by atoms with Crippen molar-refractivity contribution in [2.45, 2.75) is 12.8 Å². The molecule has 3 N–H and O–H groups in total. The topological polar surface area (TPSA) is 88.1 Å². The molecule has 0 saturated carbocycles. The Morgan fingerprint density at radius 3 is 3.00 bits per heavy atom. The smallest absolute Gasteiger partial charge is 0.229 e. The predicted molar refractivity (Wildman–Crippen MR) is 67.7 cm³/mol. The van der Waals surface area contributed by atoms with E-state index in [4.69, 9.17) is 15.7 Å². The largest absolute Gasteiger partial charge is 0.397 e. The van der Waals surface area contributed by atoms with Gasteiger partial charge in [0.1, 0.15) is 0 Å². The van der Waals surface area contributed by atoms with Crippen LogP contribution in [-0.2, 0) is 9.53 Å². The van der Waals surface area contributed by atoms with Crippen molar-refractivity contribution < 1.29 is 9.53 Å². The number of anilines is 2. The fourth-order valence-corrected chi connectivity index (χ4v) is 1.93. The van der Waals surface area contributed by atoms with Crippen LogP contribution in [0.4, 0.5) is 11.4 Å². The van der Waals surface area contributed by atoms with Gasteiger partial charge < -0.3 is 15.8 Å². The molecule has 1 unspecified atom stereocenters. The first-order valence-electron chi connectivity index (χ1n) is 5.89. The Kier molecular flexibility index (Phi) is 3.80. The Labute approximate surface area is 106 Å². The van der Waals surface area contributed by atoms with Crippen LogP contribution < -0.4 is 11.1 Å². The van der Waals surface area contributed by atoms with E-state index in [1.807, 2.05) is 6.07 Å². The summed E-state index contributed by atoms with van der Waals surface area (Å²) < 4.78 is 5.27. The molecule has 5 heteroatoms. The summed E-state index contributed by atoms with van der Waals surface area (Å²) in [5.74, 6) is -0.195. The molecule has 0 aromatic heterocycles. The maximum absolute atomic E-state index is 12.0. The molecule has 1 heterocycles. The third-order valence-corrected chi connectivity index (χ3v) is 2.97. The van der Waals surface area contributed by atoms with Crippen molar-refractivity contribution >= 4 is 17.3 Å². The van der Waals surface area contributed by atoms with Gasteiger partial charge in [0.15, 0.2) is 0 Å². The van der Waals surface area contributed by atoms with Crippen LogP contribution in [0.3, 0.4) is 0 Å². The fraction of sp³-hybridized carbons (Fsp3) is 0.385. The van der Waals surface area contributed by atoms with Gasteiger partial charge in [0.25, 0.3) is 0 Å². The van der Waals surface area contributed by atoms with E-state index >= 15 is 0 Å². The predicted octanol–water partition coefficient (Wildman–Crippen LogP) is 1.51. The number of ether oxygens (including phenoxy) is 1. The lowest BCUT2D eigenvalue weighted by molar-refractivity contribution is -0.123. The maximum atomic E-state index is 12.0. The van der Waals surface area contributed by atoms with E-state index in [1.54, 1.807) is 18.2 Å². The Bertz CT molecular complexity index is 487. The van der Waals surface area contributed by atoms with Crippen LogP contribution in [0.1, 0.15) is 18.4 Å². The van der Waals surface area contributed by atoms with Gasteiger partial charge >= 0.3 is 0 Å². The number of carbonyl (C=O) groups excluding carboxylic acids is 1. The minimum absolute atomic E-state index is 0.0777. The summed E-state index contributed by atoms with van der Waals surface area (Å²) in [6.07, 6.45) is 1.74. The summed E-state index contributed by atoms with van der Waals surface area (Å²) in [7, 11) is 0. The highest BCUT2D eigenvalue weighted by Crippen LogP contribution is 2.22. The number of nitrogens with zero attached hydrogens (tertiary/aromatic N) is 1. The van der Waals surface area contributed by atoms with Gasteiger partial charge in [-0.05, 0) is 31.0 Å². The number of carbonyl (C=O) groups is 1. The monoisotopic (exact) mass is 245 g/mol. The molecule has 1 aromatic carbocycles. The fourth-order valence-electron chi connectivity index (χ4n) is 1.93. The van der Waals surface area contributed by atoms with Crippen LogP contribution in [-0.4, -0.2) is 19.1 Å². The van der Waals surface area contributed by atoms with Crippen molar-refractivity contribution in [3.8, 4) is 6.07 Å². The molecule has 1 aliphatic rings. The molecule has 1 aliphatic heterocycles. The average Bonchev–Trinajstić information content (AvgIpc) is 2.42. The lowest BCUT2D eigenvalue weighted by atomic mass is 10.0. The van der Waals surface area contributed by atoms with Gasteiger partial charge in [0.2, 0.25) is 5.91 Å².